The number of rotatable bonds is 6. The van der Waals surface area contributed by atoms with E-state index in [1.807, 2.05) is 30.0 Å². The van der Waals surface area contributed by atoms with Crippen molar-refractivity contribution < 1.29 is 9.72 Å². The van der Waals surface area contributed by atoms with Gasteiger partial charge in [0.2, 0.25) is 5.91 Å². The van der Waals surface area contributed by atoms with Gasteiger partial charge in [-0.3, -0.25) is 19.8 Å². The molecule has 1 fully saturated rings. The third-order valence-electron chi connectivity index (χ3n) is 4.63. The minimum Gasteiger partial charge on any atom is -0.340 e. The van der Waals surface area contributed by atoms with E-state index in [1.165, 1.54) is 10.9 Å². The van der Waals surface area contributed by atoms with E-state index in [2.05, 4.69) is 4.90 Å². The first kappa shape index (κ1) is 19.5. The maximum atomic E-state index is 12.1. The first-order valence-corrected chi connectivity index (χ1v) is 9.84. The monoisotopic (exact) mass is 388 g/mol. The molecule has 7 nitrogen and oxygen atoms in total. The molecule has 0 radical (unpaired) electrons. The number of benzene rings is 1. The molecule has 2 N–H and O–H groups in total. The van der Waals surface area contributed by atoms with Crippen molar-refractivity contribution in [3.05, 3.63) is 51.4 Å². The highest BCUT2D eigenvalue weighted by molar-refractivity contribution is 7.15. The van der Waals surface area contributed by atoms with Crippen molar-refractivity contribution >= 4 is 22.9 Å². The van der Waals surface area contributed by atoms with Gasteiger partial charge < -0.3 is 10.6 Å². The number of amides is 1. The van der Waals surface area contributed by atoms with Gasteiger partial charge >= 0.3 is 0 Å². The van der Waals surface area contributed by atoms with Gasteiger partial charge in [0, 0.05) is 61.0 Å². The average molecular weight is 388 g/mol. The highest BCUT2D eigenvalue weighted by Gasteiger charge is 2.22. The maximum Gasteiger partial charge on any atom is 0.278 e. The second-order valence-electron chi connectivity index (χ2n) is 6.88. The van der Waals surface area contributed by atoms with Crippen LogP contribution in [0.3, 0.4) is 0 Å². The molecule has 1 aliphatic rings. The van der Waals surface area contributed by atoms with Crippen LogP contribution in [0.15, 0.2) is 36.4 Å². The lowest BCUT2D eigenvalue weighted by atomic mass is 10.1. The van der Waals surface area contributed by atoms with Gasteiger partial charge in [0.1, 0.15) is 0 Å². The summed E-state index contributed by atoms with van der Waals surface area (Å²) in [6.07, 6.45) is 0.393. The highest BCUT2D eigenvalue weighted by atomic mass is 32.1. The summed E-state index contributed by atoms with van der Waals surface area (Å²) in [5, 5.41) is 11.2. The van der Waals surface area contributed by atoms with E-state index in [1.54, 1.807) is 23.5 Å². The van der Waals surface area contributed by atoms with E-state index < -0.39 is 0 Å². The van der Waals surface area contributed by atoms with Crippen LogP contribution in [-0.2, 0) is 11.3 Å². The number of nitrogens with two attached hydrogens (primary N) is 1. The van der Waals surface area contributed by atoms with Crippen molar-refractivity contribution in [1.29, 1.82) is 0 Å². The molecule has 1 atom stereocenters. The first-order valence-electron chi connectivity index (χ1n) is 9.02. The zero-order valence-corrected chi connectivity index (χ0v) is 16.2. The lowest BCUT2D eigenvalue weighted by molar-refractivity contribution is -0.384. The molecule has 144 valence electrons. The van der Waals surface area contributed by atoms with Crippen molar-refractivity contribution in [1.82, 2.24) is 9.80 Å². The largest absolute Gasteiger partial charge is 0.340 e. The maximum absolute atomic E-state index is 12.1. The Morgan fingerprint density at radius 3 is 2.59 bits per heavy atom. The van der Waals surface area contributed by atoms with Crippen LogP contribution in [0.2, 0.25) is 0 Å². The normalized spacial score (nSPS) is 16.3. The number of nitro groups is 1. The molecule has 3 rings (SSSR count). The number of hydrogen-bond acceptors (Lipinski definition) is 6. The fourth-order valence-corrected chi connectivity index (χ4v) is 4.31. The number of piperazine rings is 1. The van der Waals surface area contributed by atoms with Crippen molar-refractivity contribution in [2.24, 2.45) is 5.73 Å². The number of thiophene rings is 1. The van der Waals surface area contributed by atoms with Crippen LogP contribution in [0.5, 0.6) is 0 Å². The molecule has 2 heterocycles. The average Bonchev–Trinajstić information content (AvgIpc) is 3.10. The second kappa shape index (κ2) is 8.60. The van der Waals surface area contributed by atoms with Crippen LogP contribution in [0.4, 0.5) is 5.69 Å². The van der Waals surface area contributed by atoms with E-state index in [0.29, 0.717) is 25.1 Å². The van der Waals surface area contributed by atoms with Crippen molar-refractivity contribution in [2.75, 3.05) is 26.2 Å². The van der Waals surface area contributed by atoms with Crippen LogP contribution in [0.1, 0.15) is 18.2 Å². The predicted molar refractivity (Wildman–Crippen MR) is 107 cm³/mol. The van der Waals surface area contributed by atoms with Crippen molar-refractivity contribution in [3.8, 4) is 10.4 Å². The Kier molecular flexibility index (Phi) is 6.20. The summed E-state index contributed by atoms with van der Waals surface area (Å²) in [5.41, 5.74) is 6.50. The number of carbonyl (C=O) groups excluding carboxylic acids is 1. The van der Waals surface area contributed by atoms with Gasteiger partial charge in [-0.25, -0.2) is 0 Å². The fourth-order valence-electron chi connectivity index (χ4n) is 3.23. The van der Waals surface area contributed by atoms with Gasteiger partial charge in [-0.2, -0.15) is 0 Å². The zero-order chi connectivity index (χ0) is 19.4. The summed E-state index contributed by atoms with van der Waals surface area (Å²) in [7, 11) is 0. The van der Waals surface area contributed by atoms with Crippen molar-refractivity contribution in [3.63, 3.8) is 0 Å². The highest BCUT2D eigenvalue weighted by Crippen LogP contribution is 2.35. The Morgan fingerprint density at radius 2 is 1.93 bits per heavy atom. The molecule has 0 saturated carbocycles. The van der Waals surface area contributed by atoms with Gasteiger partial charge in [0.15, 0.2) is 0 Å². The summed E-state index contributed by atoms with van der Waals surface area (Å²) in [5.74, 6) is 0.124. The SMILES string of the molecule is CC(N)CC(=O)N1CCN(Cc2ccc(-c3ccccc3[N+](=O)[O-])s2)CC1. The summed E-state index contributed by atoms with van der Waals surface area (Å²) in [4.78, 5) is 29.3. The van der Waals surface area contributed by atoms with Crippen LogP contribution in [0.25, 0.3) is 10.4 Å². The van der Waals surface area contributed by atoms with E-state index in [9.17, 15) is 14.9 Å². The standard InChI is InChI=1S/C19H24N4O3S/c1-14(20)12-19(24)22-10-8-21(9-11-22)13-15-6-7-18(27-15)16-4-2-3-5-17(16)23(25)26/h2-7,14H,8-13,20H2,1H3. The minimum absolute atomic E-state index is 0.109. The number of para-hydroxylation sites is 1. The summed E-state index contributed by atoms with van der Waals surface area (Å²) in [6, 6.07) is 10.7. The van der Waals surface area contributed by atoms with Gasteiger partial charge in [-0.1, -0.05) is 12.1 Å². The van der Waals surface area contributed by atoms with Crippen LogP contribution >= 0.6 is 11.3 Å². The number of nitrogens with zero attached hydrogens (tertiary/aromatic N) is 3. The van der Waals surface area contributed by atoms with Gasteiger partial charge in [0.25, 0.3) is 5.69 Å². The quantitative estimate of drug-likeness (QED) is 0.607. The molecule has 0 spiro atoms. The topological polar surface area (TPSA) is 92.7 Å². The van der Waals surface area contributed by atoms with Gasteiger partial charge in [0.05, 0.1) is 10.5 Å². The summed E-state index contributed by atoms with van der Waals surface area (Å²) in [6.45, 7) is 5.72. The van der Waals surface area contributed by atoms with Crippen LogP contribution in [-0.4, -0.2) is 52.9 Å². The Bertz CT molecular complexity index is 813. The van der Waals surface area contributed by atoms with Gasteiger partial charge in [-0.15, -0.1) is 11.3 Å². The smallest absolute Gasteiger partial charge is 0.278 e. The lowest BCUT2D eigenvalue weighted by Gasteiger charge is -2.34. The van der Waals surface area contributed by atoms with Gasteiger partial charge in [-0.05, 0) is 25.1 Å². The third kappa shape index (κ3) is 4.91. The molecular formula is C19H24N4O3S. The van der Waals surface area contributed by atoms with Crippen LogP contribution < -0.4 is 5.73 Å². The first-order chi connectivity index (χ1) is 12.9. The molecule has 1 saturated heterocycles. The molecule has 8 heteroatoms. The fraction of sp³-hybridized carbons (Fsp3) is 0.421. The van der Waals surface area contributed by atoms with Crippen LogP contribution in [0, 0.1) is 10.1 Å². The lowest BCUT2D eigenvalue weighted by Crippen LogP contribution is -2.49. The Hall–Kier alpha value is -2.29. The molecule has 1 aromatic heterocycles. The van der Waals surface area contributed by atoms with E-state index in [-0.39, 0.29) is 22.6 Å². The molecule has 1 aromatic carbocycles. The third-order valence-corrected chi connectivity index (χ3v) is 5.73. The molecule has 0 aliphatic carbocycles. The van der Waals surface area contributed by atoms with E-state index in [0.717, 1.165) is 24.5 Å². The molecule has 1 unspecified atom stereocenters. The molecule has 2 aromatic rings. The number of hydrogen-bond donors (Lipinski definition) is 1. The number of carbonyl (C=O) groups is 1. The zero-order valence-electron chi connectivity index (χ0n) is 15.3. The predicted octanol–water partition coefficient (Wildman–Crippen LogP) is 2.70. The van der Waals surface area contributed by atoms with E-state index in [4.69, 9.17) is 5.73 Å². The second-order valence-corrected chi connectivity index (χ2v) is 8.05. The molecule has 1 amide bonds. The van der Waals surface area contributed by atoms with Crippen molar-refractivity contribution in [2.45, 2.75) is 25.9 Å². The molecular weight excluding hydrogens is 364 g/mol. The number of nitro benzene ring substituents is 1. The summed E-state index contributed by atoms with van der Waals surface area (Å²) < 4.78 is 0. The Morgan fingerprint density at radius 1 is 1.22 bits per heavy atom. The van der Waals surface area contributed by atoms with E-state index >= 15 is 0 Å². The molecule has 1 aliphatic heterocycles. The minimum atomic E-state index is -0.340. The Labute approximate surface area is 162 Å². The molecule has 0 bridgehead atoms. The Balaban J connectivity index is 1.60. The molecule has 27 heavy (non-hydrogen) atoms. The summed E-state index contributed by atoms with van der Waals surface area (Å²) >= 11 is 1.58.